The van der Waals surface area contributed by atoms with Gasteiger partial charge in [-0.25, -0.2) is 9.97 Å². The molecule has 1 aromatic carbocycles. The van der Waals surface area contributed by atoms with Gasteiger partial charge in [-0.15, -0.1) is 0 Å². The SMILES string of the molecule is Cc1cnc(Nc2ccc3c(c2)CCO3)nc1-n1cnc(C(=O)N[C@H](C)C2C=C(Cl)C=CC2)c1. The number of imidazole rings is 1. The van der Waals surface area contributed by atoms with E-state index in [0.29, 0.717) is 29.1 Å². The summed E-state index contributed by atoms with van der Waals surface area (Å²) in [4.78, 5) is 26.2. The van der Waals surface area contributed by atoms with Gasteiger partial charge in [0, 0.05) is 47.1 Å². The normalized spacial score (nSPS) is 17.5. The number of nitrogens with zero attached hydrogens (tertiary/aromatic N) is 4. The lowest BCUT2D eigenvalue weighted by Gasteiger charge is -2.22. The molecule has 2 N–H and O–H groups in total. The van der Waals surface area contributed by atoms with Crippen LogP contribution < -0.4 is 15.4 Å². The van der Waals surface area contributed by atoms with Gasteiger partial charge in [-0.2, -0.15) is 4.98 Å². The summed E-state index contributed by atoms with van der Waals surface area (Å²) >= 11 is 6.11. The van der Waals surface area contributed by atoms with Gasteiger partial charge in [0.15, 0.2) is 0 Å². The van der Waals surface area contributed by atoms with Gasteiger partial charge in [0.1, 0.15) is 23.6 Å². The van der Waals surface area contributed by atoms with Gasteiger partial charge in [0.25, 0.3) is 5.91 Å². The molecule has 8 nitrogen and oxygen atoms in total. The number of carbonyl (C=O) groups excluding carboxylic acids is 1. The first-order chi connectivity index (χ1) is 16.5. The highest BCUT2D eigenvalue weighted by atomic mass is 35.5. The van der Waals surface area contributed by atoms with E-state index in [1.807, 2.05) is 44.2 Å². The molecule has 2 aliphatic rings. The molecule has 34 heavy (non-hydrogen) atoms. The van der Waals surface area contributed by atoms with Crippen LogP contribution in [0.4, 0.5) is 11.6 Å². The lowest BCUT2D eigenvalue weighted by molar-refractivity contribution is 0.0927. The van der Waals surface area contributed by atoms with Crippen molar-refractivity contribution >= 4 is 29.1 Å². The Morgan fingerprint density at radius 1 is 1.32 bits per heavy atom. The fraction of sp³-hybridized carbons (Fsp3) is 0.280. The molecule has 0 saturated carbocycles. The number of hydrogen-bond acceptors (Lipinski definition) is 6. The van der Waals surface area contributed by atoms with Gasteiger partial charge < -0.3 is 15.4 Å². The summed E-state index contributed by atoms with van der Waals surface area (Å²) in [5.74, 6) is 1.94. The minimum Gasteiger partial charge on any atom is -0.493 e. The maximum Gasteiger partial charge on any atom is 0.271 e. The van der Waals surface area contributed by atoms with E-state index in [0.717, 1.165) is 29.8 Å². The highest BCUT2D eigenvalue weighted by molar-refractivity contribution is 6.31. The van der Waals surface area contributed by atoms with Crippen LogP contribution in [-0.2, 0) is 6.42 Å². The number of hydrogen-bond donors (Lipinski definition) is 2. The Hall–Kier alpha value is -3.65. The summed E-state index contributed by atoms with van der Waals surface area (Å²) in [6.07, 6.45) is 12.6. The van der Waals surface area contributed by atoms with Crippen LogP contribution in [-0.4, -0.2) is 38.1 Å². The van der Waals surface area contributed by atoms with Crippen LogP contribution in [0.3, 0.4) is 0 Å². The van der Waals surface area contributed by atoms with Crippen molar-refractivity contribution in [3.8, 4) is 11.6 Å². The number of aromatic nitrogens is 4. The van der Waals surface area contributed by atoms with Gasteiger partial charge in [-0.1, -0.05) is 23.8 Å². The van der Waals surface area contributed by atoms with Crippen molar-refractivity contribution in [2.45, 2.75) is 32.7 Å². The Balaban J connectivity index is 1.30. The predicted molar refractivity (Wildman–Crippen MR) is 131 cm³/mol. The third-order valence-electron chi connectivity index (χ3n) is 6.01. The molecule has 0 spiro atoms. The van der Waals surface area contributed by atoms with Crippen molar-refractivity contribution < 1.29 is 9.53 Å². The zero-order chi connectivity index (χ0) is 23.7. The van der Waals surface area contributed by atoms with E-state index in [2.05, 4.69) is 31.7 Å². The van der Waals surface area contributed by atoms with Gasteiger partial charge in [0.2, 0.25) is 5.95 Å². The number of nitrogens with one attached hydrogen (secondary N) is 2. The highest BCUT2D eigenvalue weighted by Crippen LogP contribution is 2.29. The lowest BCUT2D eigenvalue weighted by Crippen LogP contribution is -2.37. The minimum absolute atomic E-state index is 0.0781. The van der Waals surface area contributed by atoms with Crippen molar-refractivity contribution in [3.05, 3.63) is 77.0 Å². The van der Waals surface area contributed by atoms with Crippen molar-refractivity contribution in [1.82, 2.24) is 24.8 Å². The molecule has 9 heteroatoms. The van der Waals surface area contributed by atoms with E-state index >= 15 is 0 Å². The van der Waals surface area contributed by atoms with Gasteiger partial charge >= 0.3 is 0 Å². The summed E-state index contributed by atoms with van der Waals surface area (Å²) in [5.41, 5.74) is 3.24. The van der Waals surface area contributed by atoms with E-state index < -0.39 is 0 Å². The number of fused-ring (bicyclic) bond motifs is 1. The third kappa shape index (κ3) is 4.68. The molecule has 0 radical (unpaired) electrons. The summed E-state index contributed by atoms with van der Waals surface area (Å²) < 4.78 is 7.30. The first-order valence-electron chi connectivity index (χ1n) is 11.2. The number of amides is 1. The number of rotatable bonds is 6. The molecule has 2 atom stereocenters. The monoisotopic (exact) mass is 476 g/mol. The van der Waals surface area contributed by atoms with Crippen molar-refractivity contribution in [2.75, 3.05) is 11.9 Å². The molecule has 2 aromatic heterocycles. The maximum absolute atomic E-state index is 12.8. The summed E-state index contributed by atoms with van der Waals surface area (Å²) in [6, 6.07) is 5.87. The molecule has 3 aromatic rings. The average Bonchev–Trinajstić information content (AvgIpc) is 3.50. The van der Waals surface area contributed by atoms with E-state index in [1.54, 1.807) is 23.3 Å². The largest absolute Gasteiger partial charge is 0.493 e. The van der Waals surface area contributed by atoms with Gasteiger partial charge in [-0.05, 0) is 50.1 Å². The fourth-order valence-corrected chi connectivity index (χ4v) is 4.36. The fourth-order valence-electron chi connectivity index (χ4n) is 4.11. The number of carbonyl (C=O) groups is 1. The van der Waals surface area contributed by atoms with Crippen LogP contribution in [0.15, 0.2) is 60.2 Å². The van der Waals surface area contributed by atoms with Crippen LogP contribution in [0.5, 0.6) is 5.75 Å². The minimum atomic E-state index is -0.240. The molecule has 5 rings (SSSR count). The van der Waals surface area contributed by atoms with Crippen molar-refractivity contribution in [3.63, 3.8) is 0 Å². The molecule has 1 aliphatic carbocycles. The van der Waals surface area contributed by atoms with E-state index in [4.69, 9.17) is 16.3 Å². The molecule has 174 valence electrons. The molecule has 3 heterocycles. The van der Waals surface area contributed by atoms with Crippen LogP contribution in [0.25, 0.3) is 5.82 Å². The van der Waals surface area contributed by atoms with Crippen molar-refractivity contribution in [2.24, 2.45) is 5.92 Å². The molecule has 0 fully saturated rings. The molecular formula is C25H25ClN6O2. The number of anilines is 2. The van der Waals surface area contributed by atoms with Crippen LogP contribution in [0, 0.1) is 12.8 Å². The number of aryl methyl sites for hydroxylation is 1. The number of allylic oxidation sites excluding steroid dienone is 3. The van der Waals surface area contributed by atoms with Crippen LogP contribution in [0.1, 0.15) is 35.0 Å². The average molecular weight is 477 g/mol. The van der Waals surface area contributed by atoms with E-state index in [9.17, 15) is 4.79 Å². The first-order valence-corrected chi connectivity index (χ1v) is 11.6. The second-order valence-corrected chi connectivity index (χ2v) is 8.96. The number of halogens is 1. The Labute approximate surface area is 202 Å². The molecule has 1 aliphatic heterocycles. The zero-order valence-electron chi connectivity index (χ0n) is 19.0. The van der Waals surface area contributed by atoms with E-state index in [-0.39, 0.29) is 17.9 Å². The van der Waals surface area contributed by atoms with Crippen LogP contribution in [0.2, 0.25) is 0 Å². The summed E-state index contributed by atoms with van der Waals surface area (Å²) in [5, 5.41) is 6.97. The van der Waals surface area contributed by atoms with Gasteiger partial charge in [-0.3, -0.25) is 9.36 Å². The van der Waals surface area contributed by atoms with E-state index in [1.165, 1.54) is 5.56 Å². The predicted octanol–water partition coefficient (Wildman–Crippen LogP) is 4.47. The molecular weight excluding hydrogens is 452 g/mol. The van der Waals surface area contributed by atoms with Crippen LogP contribution >= 0.6 is 11.6 Å². The summed E-state index contributed by atoms with van der Waals surface area (Å²) in [7, 11) is 0. The second kappa shape index (κ2) is 9.30. The quantitative estimate of drug-likeness (QED) is 0.545. The number of benzene rings is 1. The Kier molecular flexibility index (Phi) is 6.06. The first kappa shape index (κ1) is 22.2. The molecule has 1 amide bonds. The molecule has 0 bridgehead atoms. The maximum atomic E-state index is 12.8. The number of ether oxygens (including phenoxy) is 1. The Morgan fingerprint density at radius 2 is 2.21 bits per heavy atom. The molecule has 1 unspecified atom stereocenters. The standard InChI is InChI=1S/C25H25ClN6O2/c1-15-12-27-25(30-20-6-7-22-18(11-20)8-9-34-22)31-23(15)32-13-21(28-14-32)24(33)29-16(2)17-4-3-5-19(26)10-17/h3,5-7,10-14,16-17H,4,8-9H2,1-2H3,(H,29,33)(H,27,30,31)/t16-,17?/m1/s1. The second-order valence-electron chi connectivity index (χ2n) is 8.53. The Bertz CT molecular complexity index is 1300. The van der Waals surface area contributed by atoms with Gasteiger partial charge in [0.05, 0.1) is 6.61 Å². The summed E-state index contributed by atoms with van der Waals surface area (Å²) in [6.45, 7) is 4.60. The smallest absolute Gasteiger partial charge is 0.271 e. The zero-order valence-corrected chi connectivity index (χ0v) is 19.7. The molecule has 0 saturated heterocycles. The Morgan fingerprint density at radius 3 is 3.06 bits per heavy atom. The van der Waals surface area contributed by atoms with Crippen molar-refractivity contribution in [1.29, 1.82) is 0 Å². The highest BCUT2D eigenvalue weighted by Gasteiger charge is 2.21. The lowest BCUT2D eigenvalue weighted by atomic mass is 9.93. The topological polar surface area (TPSA) is 94.0 Å². The third-order valence-corrected chi connectivity index (χ3v) is 6.26.